The van der Waals surface area contributed by atoms with Crippen molar-refractivity contribution in [3.05, 3.63) is 77.2 Å². The van der Waals surface area contributed by atoms with Crippen LogP contribution in [0.1, 0.15) is 30.8 Å². The molecule has 1 aliphatic rings. The summed E-state index contributed by atoms with van der Waals surface area (Å²) in [6, 6.07) is 14.6. The molecule has 4 rings (SSSR count). The van der Waals surface area contributed by atoms with Crippen LogP contribution in [0.25, 0.3) is 6.08 Å². The van der Waals surface area contributed by atoms with Crippen molar-refractivity contribution in [1.29, 1.82) is 0 Å². The average molecular weight is 487 g/mol. The second-order valence-electron chi connectivity index (χ2n) is 7.83. The maximum Gasteiger partial charge on any atom is 0.265 e. The number of carbonyl (C=O) groups is 1. The van der Waals surface area contributed by atoms with Crippen LogP contribution in [0.2, 0.25) is 5.02 Å². The van der Waals surface area contributed by atoms with Crippen LogP contribution in [0.4, 0.5) is 11.4 Å². The number of ether oxygens (including phenoxy) is 1. The van der Waals surface area contributed by atoms with Crippen molar-refractivity contribution in [3.8, 4) is 5.75 Å². The molecule has 2 N–H and O–H groups in total. The van der Waals surface area contributed by atoms with Crippen molar-refractivity contribution in [1.82, 2.24) is 0 Å². The minimum Gasteiger partial charge on any atom is -0.495 e. The number of hydrogen-bond acceptors (Lipinski definition) is 5. The van der Waals surface area contributed by atoms with E-state index in [1.54, 1.807) is 36.4 Å². The van der Waals surface area contributed by atoms with E-state index in [0.717, 1.165) is 12.2 Å². The number of hydrogen-bond donors (Lipinski definition) is 2. The van der Waals surface area contributed by atoms with Gasteiger partial charge in [-0.1, -0.05) is 30.7 Å². The smallest absolute Gasteiger partial charge is 0.265 e. The third kappa shape index (κ3) is 5.40. The van der Waals surface area contributed by atoms with Crippen molar-refractivity contribution in [3.63, 3.8) is 0 Å². The maximum absolute atomic E-state index is 13.0. The summed E-state index contributed by atoms with van der Waals surface area (Å²) < 4.78 is 39.4. The minimum absolute atomic E-state index is 0.125. The van der Waals surface area contributed by atoms with E-state index in [2.05, 4.69) is 17.0 Å². The lowest BCUT2D eigenvalue weighted by atomic mass is 10.3. The fourth-order valence-corrected chi connectivity index (χ4v) is 4.94. The van der Waals surface area contributed by atoms with E-state index in [1.807, 2.05) is 12.1 Å². The number of para-hydroxylation sites is 1. The lowest BCUT2D eigenvalue weighted by Crippen LogP contribution is -2.15. The first-order valence-corrected chi connectivity index (χ1v) is 12.2. The van der Waals surface area contributed by atoms with E-state index in [-0.39, 0.29) is 27.0 Å². The van der Waals surface area contributed by atoms with Crippen LogP contribution in [0, 0.1) is 5.92 Å². The van der Waals surface area contributed by atoms with Gasteiger partial charge in [0.25, 0.3) is 10.0 Å². The Balaban J connectivity index is 1.49. The molecule has 3 aromatic rings. The quantitative estimate of drug-likeness (QED) is 0.409. The van der Waals surface area contributed by atoms with Gasteiger partial charge in [-0.15, -0.1) is 0 Å². The molecule has 0 saturated heterocycles. The third-order valence-electron chi connectivity index (χ3n) is 5.36. The summed E-state index contributed by atoms with van der Waals surface area (Å²) in [6.07, 6.45) is 4.02. The number of anilines is 2. The van der Waals surface area contributed by atoms with Gasteiger partial charge in [0.05, 0.1) is 17.8 Å². The van der Waals surface area contributed by atoms with Crippen LogP contribution in [0.5, 0.6) is 5.75 Å². The number of rotatable bonds is 8. The lowest BCUT2D eigenvalue weighted by molar-refractivity contribution is -0.111. The summed E-state index contributed by atoms with van der Waals surface area (Å²) in [5, 5.41) is 2.92. The zero-order valence-corrected chi connectivity index (χ0v) is 19.6. The van der Waals surface area contributed by atoms with Gasteiger partial charge in [0.2, 0.25) is 5.91 Å². The Morgan fingerprint density at radius 1 is 1.18 bits per heavy atom. The molecule has 1 heterocycles. The van der Waals surface area contributed by atoms with E-state index < -0.39 is 15.9 Å². The molecular weight excluding hydrogens is 464 g/mol. The highest BCUT2D eigenvalue weighted by Gasteiger charge is 2.36. The van der Waals surface area contributed by atoms with Crippen molar-refractivity contribution >= 4 is 45.0 Å². The molecule has 172 valence electrons. The predicted molar refractivity (Wildman–Crippen MR) is 128 cm³/mol. The molecule has 2 unspecified atom stereocenters. The van der Waals surface area contributed by atoms with Crippen molar-refractivity contribution in [2.75, 3.05) is 17.1 Å². The molecule has 0 aliphatic heterocycles. The van der Waals surface area contributed by atoms with Gasteiger partial charge >= 0.3 is 0 Å². The molecule has 1 aliphatic carbocycles. The molecule has 1 aromatic heterocycles. The summed E-state index contributed by atoms with van der Waals surface area (Å²) in [7, 11) is -2.67. The number of halogens is 1. The summed E-state index contributed by atoms with van der Waals surface area (Å²) >= 11 is 6.08. The minimum atomic E-state index is -4.04. The van der Waals surface area contributed by atoms with Crippen LogP contribution < -0.4 is 14.8 Å². The highest BCUT2D eigenvalue weighted by molar-refractivity contribution is 7.92. The van der Waals surface area contributed by atoms with Crippen LogP contribution in [-0.4, -0.2) is 21.4 Å². The van der Waals surface area contributed by atoms with Crippen molar-refractivity contribution < 1.29 is 22.4 Å². The van der Waals surface area contributed by atoms with E-state index >= 15 is 0 Å². The van der Waals surface area contributed by atoms with Crippen molar-refractivity contribution in [2.45, 2.75) is 24.2 Å². The summed E-state index contributed by atoms with van der Waals surface area (Å²) in [5.74, 6) is 2.30. The first-order valence-electron chi connectivity index (χ1n) is 10.3. The van der Waals surface area contributed by atoms with E-state index in [9.17, 15) is 13.2 Å². The van der Waals surface area contributed by atoms with Crippen LogP contribution in [-0.2, 0) is 14.8 Å². The van der Waals surface area contributed by atoms with Crippen LogP contribution >= 0.6 is 11.6 Å². The fraction of sp³-hybridized carbons (Fsp3) is 0.208. The molecule has 1 fully saturated rings. The van der Waals surface area contributed by atoms with Gasteiger partial charge in [0.1, 0.15) is 22.2 Å². The average Bonchev–Trinajstić information content (AvgIpc) is 3.33. The van der Waals surface area contributed by atoms with Gasteiger partial charge in [0.15, 0.2) is 0 Å². The molecule has 2 aromatic carbocycles. The zero-order chi connectivity index (χ0) is 23.6. The van der Waals surface area contributed by atoms with E-state index in [4.69, 9.17) is 20.8 Å². The highest BCUT2D eigenvalue weighted by Crippen LogP contribution is 2.47. The molecule has 2 atom stereocenters. The van der Waals surface area contributed by atoms with E-state index in [0.29, 0.717) is 17.6 Å². The topological polar surface area (TPSA) is 97.6 Å². The number of benzene rings is 2. The Kier molecular flexibility index (Phi) is 6.49. The monoisotopic (exact) mass is 486 g/mol. The second-order valence-corrected chi connectivity index (χ2v) is 9.89. The second kappa shape index (κ2) is 9.33. The number of methoxy groups -OCH3 is 1. The van der Waals surface area contributed by atoms with Gasteiger partial charge in [-0.3, -0.25) is 9.52 Å². The predicted octanol–water partition coefficient (Wildman–Crippen LogP) is 5.52. The molecule has 0 radical (unpaired) electrons. The van der Waals surface area contributed by atoms with Crippen LogP contribution in [0.3, 0.4) is 0 Å². The first-order chi connectivity index (χ1) is 15.8. The molecule has 7 nitrogen and oxygen atoms in total. The van der Waals surface area contributed by atoms with E-state index in [1.165, 1.54) is 25.3 Å². The third-order valence-corrected chi connectivity index (χ3v) is 7.08. The van der Waals surface area contributed by atoms with Crippen LogP contribution in [0.15, 0.2) is 70.0 Å². The number of furan rings is 1. The molecule has 0 spiro atoms. The SMILES string of the molecule is COc1ccc(NC(=O)/C=C/c2ccc(C3CC3C)o2)cc1S(=O)(=O)Nc1ccccc1Cl. The van der Waals surface area contributed by atoms with Gasteiger partial charge in [-0.05, 0) is 60.9 Å². The Morgan fingerprint density at radius 3 is 2.64 bits per heavy atom. The van der Waals surface area contributed by atoms with Crippen molar-refractivity contribution in [2.24, 2.45) is 5.92 Å². The molecule has 0 bridgehead atoms. The van der Waals surface area contributed by atoms with Gasteiger partial charge in [-0.25, -0.2) is 8.42 Å². The summed E-state index contributed by atoms with van der Waals surface area (Å²) in [6.45, 7) is 2.17. The maximum atomic E-state index is 13.0. The molecule has 1 amide bonds. The fourth-order valence-electron chi connectivity index (χ4n) is 3.43. The number of carbonyl (C=O) groups excluding carboxylic acids is 1. The lowest BCUT2D eigenvalue weighted by Gasteiger charge is -2.14. The first kappa shape index (κ1) is 22.9. The number of nitrogens with one attached hydrogen (secondary N) is 2. The normalized spacial score (nSPS) is 17.7. The summed E-state index contributed by atoms with van der Waals surface area (Å²) in [5.41, 5.74) is 0.522. The largest absolute Gasteiger partial charge is 0.495 e. The Morgan fingerprint density at radius 2 is 1.94 bits per heavy atom. The molecule has 33 heavy (non-hydrogen) atoms. The Bertz CT molecular complexity index is 1320. The summed E-state index contributed by atoms with van der Waals surface area (Å²) in [4.78, 5) is 12.3. The Hall–Kier alpha value is -3.23. The Labute approximate surface area is 197 Å². The standard InChI is InChI=1S/C24H23ClN2O5S/c1-15-13-18(15)21-11-8-17(32-21)9-12-24(28)26-16-7-10-22(31-2)23(14-16)33(29,30)27-20-6-4-3-5-19(20)25/h3-12,14-15,18,27H,13H2,1-2H3,(H,26,28)/b12-9+. The van der Waals surface area contributed by atoms with Gasteiger partial charge in [-0.2, -0.15) is 0 Å². The molecular formula is C24H23ClN2O5S. The molecule has 1 saturated carbocycles. The van der Waals surface area contributed by atoms with Gasteiger partial charge < -0.3 is 14.5 Å². The molecule has 9 heteroatoms. The number of amides is 1. The van der Waals surface area contributed by atoms with Gasteiger partial charge in [0, 0.05) is 17.7 Å². The number of sulfonamides is 1. The highest BCUT2D eigenvalue weighted by atomic mass is 35.5. The zero-order valence-electron chi connectivity index (χ0n) is 18.0.